The van der Waals surface area contributed by atoms with E-state index in [2.05, 4.69) is 27.5 Å². The minimum Gasteiger partial charge on any atom is -0.381 e. The molecule has 0 bridgehead atoms. The zero-order valence-electron chi connectivity index (χ0n) is 11.0. The van der Waals surface area contributed by atoms with Crippen molar-refractivity contribution in [1.82, 2.24) is 15.1 Å². The Bertz CT molecular complexity index is 365. The van der Waals surface area contributed by atoms with Crippen LogP contribution in [0.3, 0.4) is 0 Å². The van der Waals surface area contributed by atoms with Gasteiger partial charge in [-0.15, -0.1) is 0 Å². The van der Waals surface area contributed by atoms with Gasteiger partial charge in [-0.2, -0.15) is 5.10 Å². The van der Waals surface area contributed by atoms with E-state index in [4.69, 9.17) is 4.74 Å². The zero-order valence-corrected chi connectivity index (χ0v) is 11.0. The third-order valence-electron chi connectivity index (χ3n) is 4.16. The van der Waals surface area contributed by atoms with Crippen LogP contribution in [0.15, 0.2) is 12.4 Å². The maximum Gasteiger partial charge on any atom is 0.0524 e. The number of hydrogen-bond donors (Lipinski definition) is 1. The van der Waals surface area contributed by atoms with Crippen LogP contribution in [0.25, 0.3) is 0 Å². The van der Waals surface area contributed by atoms with E-state index < -0.39 is 0 Å². The fourth-order valence-corrected chi connectivity index (χ4v) is 3.06. The fourth-order valence-electron chi connectivity index (χ4n) is 3.06. The Morgan fingerprint density at radius 2 is 2.22 bits per heavy atom. The monoisotopic (exact) mass is 249 g/mol. The molecule has 1 aromatic rings. The lowest BCUT2D eigenvalue weighted by molar-refractivity contribution is 0.0470. The summed E-state index contributed by atoms with van der Waals surface area (Å²) in [5.41, 5.74) is 1.42. The lowest BCUT2D eigenvalue weighted by atomic mass is 9.93. The summed E-state index contributed by atoms with van der Waals surface area (Å²) in [5, 5.41) is 7.94. The first-order valence-corrected chi connectivity index (χ1v) is 7.22. The molecule has 0 radical (unpaired) electrons. The predicted molar refractivity (Wildman–Crippen MR) is 70.6 cm³/mol. The Balaban J connectivity index is 1.58. The molecule has 0 aliphatic carbocycles. The Morgan fingerprint density at radius 1 is 1.33 bits per heavy atom. The molecule has 3 heterocycles. The number of rotatable bonds is 3. The number of nitrogens with zero attached hydrogens (tertiary/aromatic N) is 2. The van der Waals surface area contributed by atoms with Crippen molar-refractivity contribution in [2.45, 2.75) is 38.1 Å². The minimum atomic E-state index is 0.652. The van der Waals surface area contributed by atoms with Crippen molar-refractivity contribution in [3.05, 3.63) is 18.0 Å². The first-order valence-electron chi connectivity index (χ1n) is 7.22. The third kappa shape index (κ3) is 2.93. The van der Waals surface area contributed by atoms with Crippen LogP contribution in [0.5, 0.6) is 0 Å². The zero-order chi connectivity index (χ0) is 12.2. The van der Waals surface area contributed by atoms with E-state index in [0.29, 0.717) is 11.8 Å². The van der Waals surface area contributed by atoms with Crippen molar-refractivity contribution >= 4 is 0 Å². The van der Waals surface area contributed by atoms with Gasteiger partial charge in [0.1, 0.15) is 0 Å². The molecule has 0 unspecified atom stereocenters. The van der Waals surface area contributed by atoms with E-state index in [0.717, 1.165) is 32.8 Å². The highest BCUT2D eigenvalue weighted by molar-refractivity contribution is 5.12. The highest BCUT2D eigenvalue weighted by Crippen LogP contribution is 2.25. The molecule has 2 aliphatic heterocycles. The topological polar surface area (TPSA) is 39.1 Å². The minimum absolute atomic E-state index is 0.652. The van der Waals surface area contributed by atoms with Crippen molar-refractivity contribution in [1.29, 1.82) is 0 Å². The van der Waals surface area contributed by atoms with Gasteiger partial charge < -0.3 is 10.1 Å². The van der Waals surface area contributed by atoms with Crippen molar-refractivity contribution in [3.8, 4) is 0 Å². The average molecular weight is 249 g/mol. The van der Waals surface area contributed by atoms with Crippen molar-refractivity contribution in [2.75, 3.05) is 26.3 Å². The SMILES string of the molecule is c1nn(C[C@@H]2CCCOC2)cc1C1CCNCC1. The maximum atomic E-state index is 5.53. The van der Waals surface area contributed by atoms with E-state index >= 15 is 0 Å². The van der Waals surface area contributed by atoms with Crippen LogP contribution >= 0.6 is 0 Å². The van der Waals surface area contributed by atoms with E-state index in [-0.39, 0.29) is 0 Å². The second-order valence-electron chi connectivity index (χ2n) is 5.60. The van der Waals surface area contributed by atoms with Crippen LogP contribution in [0.4, 0.5) is 0 Å². The summed E-state index contributed by atoms with van der Waals surface area (Å²) in [6.45, 7) is 5.15. The van der Waals surface area contributed by atoms with Gasteiger partial charge in [0.05, 0.1) is 12.8 Å². The van der Waals surface area contributed by atoms with Gasteiger partial charge in [-0.25, -0.2) is 0 Å². The Kier molecular flexibility index (Phi) is 3.96. The van der Waals surface area contributed by atoms with Gasteiger partial charge in [-0.3, -0.25) is 4.68 Å². The molecule has 1 aromatic heterocycles. The van der Waals surface area contributed by atoms with Gasteiger partial charge in [0, 0.05) is 25.3 Å². The Hall–Kier alpha value is -0.870. The number of aromatic nitrogens is 2. The highest BCUT2D eigenvalue weighted by atomic mass is 16.5. The second-order valence-corrected chi connectivity index (χ2v) is 5.60. The normalized spacial score (nSPS) is 26.3. The van der Waals surface area contributed by atoms with Crippen molar-refractivity contribution in [3.63, 3.8) is 0 Å². The van der Waals surface area contributed by atoms with Gasteiger partial charge in [0.25, 0.3) is 0 Å². The number of hydrogen-bond acceptors (Lipinski definition) is 3. The number of ether oxygens (including phenoxy) is 1. The summed E-state index contributed by atoms with van der Waals surface area (Å²) in [6.07, 6.45) is 9.30. The first-order chi connectivity index (χ1) is 8.92. The van der Waals surface area contributed by atoms with Crippen molar-refractivity contribution < 1.29 is 4.74 Å². The molecule has 1 N–H and O–H groups in total. The van der Waals surface area contributed by atoms with Crippen LogP contribution in [0, 0.1) is 5.92 Å². The molecule has 4 heteroatoms. The summed E-state index contributed by atoms with van der Waals surface area (Å²) in [5.74, 6) is 1.36. The summed E-state index contributed by atoms with van der Waals surface area (Å²) >= 11 is 0. The fraction of sp³-hybridized carbons (Fsp3) is 0.786. The van der Waals surface area contributed by atoms with Gasteiger partial charge in [-0.05, 0) is 50.3 Å². The summed E-state index contributed by atoms with van der Waals surface area (Å²) in [6, 6.07) is 0. The Morgan fingerprint density at radius 3 is 3.00 bits per heavy atom. The van der Waals surface area contributed by atoms with Crippen molar-refractivity contribution in [2.24, 2.45) is 5.92 Å². The number of piperidine rings is 1. The van der Waals surface area contributed by atoms with Gasteiger partial charge in [0.15, 0.2) is 0 Å². The molecule has 4 nitrogen and oxygen atoms in total. The first kappa shape index (κ1) is 12.2. The van der Waals surface area contributed by atoms with E-state index in [1.807, 2.05) is 0 Å². The van der Waals surface area contributed by atoms with Crippen LogP contribution < -0.4 is 5.32 Å². The summed E-state index contributed by atoms with van der Waals surface area (Å²) in [4.78, 5) is 0. The van der Waals surface area contributed by atoms with Crippen LogP contribution in [0.2, 0.25) is 0 Å². The van der Waals surface area contributed by atoms with E-state index in [1.165, 1.54) is 31.2 Å². The third-order valence-corrected chi connectivity index (χ3v) is 4.16. The molecule has 1 atom stereocenters. The molecule has 0 aromatic carbocycles. The quantitative estimate of drug-likeness (QED) is 0.887. The molecule has 2 aliphatic rings. The van der Waals surface area contributed by atoms with Gasteiger partial charge in [-0.1, -0.05) is 0 Å². The lowest BCUT2D eigenvalue weighted by Gasteiger charge is -2.22. The molecular formula is C14H23N3O. The van der Waals surface area contributed by atoms with Gasteiger partial charge in [0.2, 0.25) is 0 Å². The summed E-state index contributed by atoms with van der Waals surface area (Å²) < 4.78 is 7.65. The number of nitrogens with one attached hydrogen (secondary N) is 1. The Labute approximate surface area is 109 Å². The van der Waals surface area contributed by atoms with E-state index in [1.54, 1.807) is 0 Å². The van der Waals surface area contributed by atoms with Crippen LogP contribution in [0.1, 0.15) is 37.2 Å². The molecule has 2 saturated heterocycles. The molecule has 0 amide bonds. The van der Waals surface area contributed by atoms with Gasteiger partial charge >= 0.3 is 0 Å². The molecule has 3 rings (SSSR count). The molecule has 0 saturated carbocycles. The smallest absolute Gasteiger partial charge is 0.0524 e. The lowest BCUT2D eigenvalue weighted by Crippen LogP contribution is -2.26. The molecule has 18 heavy (non-hydrogen) atoms. The highest BCUT2D eigenvalue weighted by Gasteiger charge is 2.18. The average Bonchev–Trinajstić information content (AvgIpc) is 2.89. The molecule has 100 valence electrons. The van der Waals surface area contributed by atoms with E-state index in [9.17, 15) is 0 Å². The largest absolute Gasteiger partial charge is 0.381 e. The molecule has 0 spiro atoms. The summed E-state index contributed by atoms with van der Waals surface area (Å²) in [7, 11) is 0. The van der Waals surface area contributed by atoms with Crippen LogP contribution in [-0.4, -0.2) is 36.1 Å². The molecule has 2 fully saturated rings. The van der Waals surface area contributed by atoms with Crippen LogP contribution in [-0.2, 0) is 11.3 Å². The standard InChI is InChI=1S/C14H23N3O/c1-2-12(11-18-7-1)9-17-10-14(8-16-17)13-3-5-15-6-4-13/h8,10,12-13,15H,1-7,9,11H2/t12-/m0/s1. The maximum absolute atomic E-state index is 5.53. The molecular weight excluding hydrogens is 226 g/mol. The predicted octanol–water partition coefficient (Wildman–Crippen LogP) is 1.78. The second kappa shape index (κ2) is 5.85.